The minimum absolute atomic E-state index is 0. The molecule has 1 aromatic rings. The number of carbonyl (C=O) groups is 1. The summed E-state index contributed by atoms with van der Waals surface area (Å²) in [5.41, 5.74) is 1.14. The fourth-order valence-corrected chi connectivity index (χ4v) is 3.82. The quantitative estimate of drug-likeness (QED) is 0.616. The number of nitrogens with one attached hydrogen (secondary N) is 1. The smallest absolute Gasteiger partial charge is 0.222 e. The van der Waals surface area contributed by atoms with Gasteiger partial charge in [-0.1, -0.05) is 12.1 Å². The minimum Gasteiger partial charge on any atom is -0.490 e. The lowest BCUT2D eigenvalue weighted by Crippen LogP contribution is -2.49. The number of anilines is 1. The van der Waals surface area contributed by atoms with Crippen LogP contribution in [-0.4, -0.2) is 82.2 Å². The topological polar surface area (TPSA) is 48.1 Å². The number of hydrogen-bond acceptors (Lipinski definition) is 5. The van der Waals surface area contributed by atoms with Gasteiger partial charge in [0.15, 0.2) is 0 Å². The van der Waals surface area contributed by atoms with Crippen LogP contribution in [0.2, 0.25) is 0 Å². The summed E-state index contributed by atoms with van der Waals surface area (Å²) in [6.07, 6.45) is 2.93. The number of nitrogens with zero attached hydrogens (tertiary/aromatic N) is 3. The van der Waals surface area contributed by atoms with E-state index in [-0.39, 0.29) is 37.2 Å². The summed E-state index contributed by atoms with van der Waals surface area (Å²) >= 11 is 0. The summed E-state index contributed by atoms with van der Waals surface area (Å²) in [5, 5.41) is 3.38. The SMILES string of the molecule is CN(C)CCOc1ccccc1N1CCN(C(=O)CCC2CCNC2)CC1.Cl.Cl.Cl. The van der Waals surface area contributed by atoms with Gasteiger partial charge in [0.1, 0.15) is 12.4 Å². The average molecular weight is 484 g/mol. The molecule has 9 heteroatoms. The van der Waals surface area contributed by atoms with Crippen molar-refractivity contribution in [2.45, 2.75) is 19.3 Å². The van der Waals surface area contributed by atoms with Gasteiger partial charge in [-0.3, -0.25) is 4.79 Å². The molecule has 2 aliphatic heterocycles. The second kappa shape index (κ2) is 15.0. The van der Waals surface area contributed by atoms with E-state index in [0.29, 0.717) is 24.9 Å². The Kier molecular flexibility index (Phi) is 14.5. The van der Waals surface area contributed by atoms with E-state index in [2.05, 4.69) is 41.3 Å². The van der Waals surface area contributed by atoms with Crippen LogP contribution >= 0.6 is 37.2 Å². The van der Waals surface area contributed by atoms with Gasteiger partial charge >= 0.3 is 0 Å². The summed E-state index contributed by atoms with van der Waals surface area (Å²) in [5.74, 6) is 1.94. The van der Waals surface area contributed by atoms with Crippen molar-refractivity contribution in [3.05, 3.63) is 24.3 Å². The van der Waals surface area contributed by atoms with Gasteiger partial charge < -0.3 is 24.8 Å². The van der Waals surface area contributed by atoms with E-state index >= 15 is 0 Å². The van der Waals surface area contributed by atoms with E-state index in [1.54, 1.807) is 0 Å². The van der Waals surface area contributed by atoms with Gasteiger partial charge in [-0.15, -0.1) is 37.2 Å². The number of piperazine rings is 1. The third kappa shape index (κ3) is 8.67. The molecule has 1 atom stereocenters. The summed E-state index contributed by atoms with van der Waals surface area (Å²) < 4.78 is 6.00. The van der Waals surface area contributed by atoms with Gasteiger partial charge in [0.2, 0.25) is 5.91 Å². The first kappa shape index (κ1) is 29.1. The lowest BCUT2D eigenvalue weighted by atomic mass is 10.0. The molecule has 0 spiro atoms. The number of benzene rings is 1. The Labute approximate surface area is 199 Å². The molecule has 0 saturated carbocycles. The summed E-state index contributed by atoms with van der Waals surface area (Å²) in [6, 6.07) is 8.24. The molecule has 3 rings (SSSR count). The normalized spacial score (nSPS) is 18.3. The Morgan fingerprint density at radius 3 is 2.47 bits per heavy atom. The van der Waals surface area contributed by atoms with Gasteiger partial charge in [-0.25, -0.2) is 0 Å². The van der Waals surface area contributed by atoms with Gasteiger partial charge in [-0.05, 0) is 58.1 Å². The molecule has 2 heterocycles. The van der Waals surface area contributed by atoms with E-state index in [4.69, 9.17) is 4.74 Å². The first-order valence-electron chi connectivity index (χ1n) is 10.2. The highest BCUT2D eigenvalue weighted by molar-refractivity contribution is 5.86. The van der Waals surface area contributed by atoms with Crippen LogP contribution in [0.25, 0.3) is 0 Å². The fraction of sp³-hybridized carbons (Fsp3) is 0.667. The second-order valence-corrected chi connectivity index (χ2v) is 7.88. The van der Waals surface area contributed by atoms with E-state index in [0.717, 1.165) is 63.7 Å². The van der Waals surface area contributed by atoms with Crippen LogP contribution in [0.4, 0.5) is 5.69 Å². The zero-order chi connectivity index (χ0) is 19.1. The van der Waals surface area contributed by atoms with Gasteiger partial charge in [0.25, 0.3) is 0 Å². The van der Waals surface area contributed by atoms with E-state index in [9.17, 15) is 4.79 Å². The first-order chi connectivity index (χ1) is 13.1. The average Bonchev–Trinajstić information content (AvgIpc) is 3.20. The highest BCUT2D eigenvalue weighted by Gasteiger charge is 2.24. The molecule has 1 amide bonds. The molecule has 1 aromatic carbocycles. The number of ether oxygens (including phenoxy) is 1. The maximum Gasteiger partial charge on any atom is 0.222 e. The molecule has 0 aromatic heterocycles. The number of para-hydroxylation sites is 2. The molecule has 1 unspecified atom stereocenters. The predicted octanol–water partition coefficient (Wildman–Crippen LogP) is 2.93. The Morgan fingerprint density at radius 2 is 1.83 bits per heavy atom. The molecular weight excluding hydrogens is 447 g/mol. The first-order valence-corrected chi connectivity index (χ1v) is 10.2. The van der Waals surface area contributed by atoms with Crippen LogP contribution < -0.4 is 15.0 Å². The van der Waals surface area contributed by atoms with Crippen LogP contribution in [-0.2, 0) is 4.79 Å². The Hall–Kier alpha value is -0.920. The molecule has 0 aliphatic carbocycles. The molecule has 6 nitrogen and oxygen atoms in total. The lowest BCUT2D eigenvalue weighted by Gasteiger charge is -2.37. The van der Waals surface area contributed by atoms with E-state index in [1.165, 1.54) is 6.42 Å². The van der Waals surface area contributed by atoms with Gasteiger partial charge in [0, 0.05) is 39.1 Å². The summed E-state index contributed by atoms with van der Waals surface area (Å²) in [6.45, 7) is 7.09. The summed E-state index contributed by atoms with van der Waals surface area (Å²) in [7, 11) is 4.10. The molecular formula is C21H37Cl3N4O2. The molecule has 174 valence electrons. The third-order valence-electron chi connectivity index (χ3n) is 5.56. The zero-order valence-corrected chi connectivity index (χ0v) is 20.5. The predicted molar refractivity (Wildman–Crippen MR) is 131 cm³/mol. The van der Waals surface area contributed by atoms with Crippen LogP contribution in [0.3, 0.4) is 0 Å². The van der Waals surface area contributed by atoms with Crippen molar-refractivity contribution in [2.24, 2.45) is 5.92 Å². The largest absolute Gasteiger partial charge is 0.490 e. The van der Waals surface area contributed by atoms with Crippen molar-refractivity contribution in [2.75, 3.05) is 71.4 Å². The number of rotatable bonds is 8. The number of carbonyl (C=O) groups excluding carboxylic acids is 1. The number of halogens is 3. The molecule has 0 bridgehead atoms. The van der Waals surface area contributed by atoms with Crippen LogP contribution in [0, 0.1) is 5.92 Å². The van der Waals surface area contributed by atoms with Crippen LogP contribution in [0.15, 0.2) is 24.3 Å². The van der Waals surface area contributed by atoms with Gasteiger partial charge in [0.05, 0.1) is 5.69 Å². The molecule has 30 heavy (non-hydrogen) atoms. The van der Waals surface area contributed by atoms with Crippen molar-refractivity contribution < 1.29 is 9.53 Å². The molecule has 2 fully saturated rings. The second-order valence-electron chi connectivity index (χ2n) is 7.88. The summed E-state index contributed by atoms with van der Waals surface area (Å²) in [4.78, 5) is 19.0. The van der Waals surface area contributed by atoms with Crippen molar-refractivity contribution in [3.8, 4) is 5.75 Å². The molecule has 2 aliphatic rings. The highest BCUT2D eigenvalue weighted by Crippen LogP contribution is 2.29. The standard InChI is InChI=1S/C21H34N4O2.3ClH/c1-23(2)15-16-27-20-6-4-3-5-19(20)24-11-13-25(14-12-24)21(26)8-7-18-9-10-22-17-18;;;/h3-6,18,22H,7-17H2,1-2H3;3*1H. The van der Waals surface area contributed by atoms with E-state index < -0.39 is 0 Å². The Morgan fingerprint density at radius 1 is 1.13 bits per heavy atom. The van der Waals surface area contributed by atoms with Crippen molar-refractivity contribution in [3.63, 3.8) is 0 Å². The fourth-order valence-electron chi connectivity index (χ4n) is 3.82. The highest BCUT2D eigenvalue weighted by atomic mass is 35.5. The molecule has 2 saturated heterocycles. The Bertz CT molecular complexity index is 608. The maximum absolute atomic E-state index is 12.5. The maximum atomic E-state index is 12.5. The van der Waals surface area contributed by atoms with Gasteiger partial charge in [-0.2, -0.15) is 0 Å². The van der Waals surface area contributed by atoms with E-state index in [1.807, 2.05) is 17.0 Å². The van der Waals surface area contributed by atoms with Crippen molar-refractivity contribution >= 4 is 48.8 Å². The third-order valence-corrected chi connectivity index (χ3v) is 5.56. The van der Waals surface area contributed by atoms with Crippen molar-refractivity contribution in [1.82, 2.24) is 15.1 Å². The number of likely N-dealkylation sites (N-methyl/N-ethyl adjacent to an activating group) is 1. The zero-order valence-electron chi connectivity index (χ0n) is 18.0. The minimum atomic E-state index is 0. The van der Waals surface area contributed by atoms with Crippen LogP contribution in [0.5, 0.6) is 5.75 Å². The lowest BCUT2D eigenvalue weighted by molar-refractivity contribution is -0.131. The molecule has 0 radical (unpaired) electrons. The van der Waals surface area contributed by atoms with Crippen LogP contribution in [0.1, 0.15) is 19.3 Å². The molecule has 1 N–H and O–H groups in total. The van der Waals surface area contributed by atoms with Crippen molar-refractivity contribution in [1.29, 1.82) is 0 Å². The Balaban J connectivity index is 0.00000280. The monoisotopic (exact) mass is 482 g/mol. The number of amides is 1. The number of hydrogen-bond donors (Lipinski definition) is 1.